The van der Waals surface area contributed by atoms with E-state index in [2.05, 4.69) is 34.9 Å². The van der Waals surface area contributed by atoms with Crippen molar-refractivity contribution in [3.05, 3.63) is 106 Å². The first-order valence-electron chi connectivity index (χ1n) is 14.9. The van der Waals surface area contributed by atoms with E-state index in [1.165, 1.54) is 11.3 Å². The van der Waals surface area contributed by atoms with Crippen molar-refractivity contribution in [1.29, 1.82) is 0 Å². The number of anilines is 1. The first-order chi connectivity index (χ1) is 21.4. The monoisotopic (exact) mass is 609 g/mol. The largest absolute Gasteiger partial charge is 0.490 e. The van der Waals surface area contributed by atoms with E-state index in [1.54, 1.807) is 30.1 Å². The normalized spacial score (nSPS) is 19.5. The second-order valence-corrected chi connectivity index (χ2v) is 12.3. The molecule has 0 radical (unpaired) electrons. The zero-order valence-corrected chi connectivity index (χ0v) is 25.3. The Morgan fingerprint density at radius 2 is 1.73 bits per heavy atom. The van der Waals surface area contributed by atoms with Crippen molar-refractivity contribution in [3.8, 4) is 16.9 Å². The van der Waals surface area contributed by atoms with Gasteiger partial charge in [-0.05, 0) is 59.2 Å². The minimum atomic E-state index is -0.362. The molecule has 2 aliphatic heterocycles. The van der Waals surface area contributed by atoms with Crippen molar-refractivity contribution in [2.75, 3.05) is 19.0 Å². The molecule has 0 saturated carbocycles. The Morgan fingerprint density at radius 1 is 0.932 bits per heavy atom. The van der Waals surface area contributed by atoms with E-state index in [-0.39, 0.29) is 55.4 Å². The van der Waals surface area contributed by atoms with E-state index in [4.69, 9.17) is 9.47 Å². The zero-order chi connectivity index (χ0) is 30.5. The van der Waals surface area contributed by atoms with Gasteiger partial charge in [-0.15, -0.1) is 11.3 Å². The van der Waals surface area contributed by atoms with Crippen LogP contribution in [0.15, 0.2) is 90.3 Å². The SMILES string of the molecule is CN1C(=O)c2cc(NC(=O)Cc3cccs3)ccc2OC[C@@H]2O[C@H](CC(=O)NCc3ccc(-c4ccccc4)cc3)CC[C@H]21. The maximum absolute atomic E-state index is 13.5. The zero-order valence-electron chi connectivity index (χ0n) is 24.5. The summed E-state index contributed by atoms with van der Waals surface area (Å²) in [5.74, 6) is 0.0352. The highest BCUT2D eigenvalue weighted by Gasteiger charge is 2.39. The molecule has 6 rings (SSSR count). The summed E-state index contributed by atoms with van der Waals surface area (Å²) in [5.41, 5.74) is 4.27. The van der Waals surface area contributed by atoms with Gasteiger partial charge in [-0.2, -0.15) is 0 Å². The molecule has 0 spiro atoms. The molecule has 3 amide bonds. The Labute approximate surface area is 261 Å². The lowest BCUT2D eigenvalue weighted by molar-refractivity contribution is -0.134. The Balaban J connectivity index is 1.03. The van der Waals surface area contributed by atoms with Crippen molar-refractivity contribution < 1.29 is 23.9 Å². The van der Waals surface area contributed by atoms with Gasteiger partial charge >= 0.3 is 0 Å². The predicted molar refractivity (Wildman–Crippen MR) is 171 cm³/mol. The molecule has 0 unspecified atom stereocenters. The van der Waals surface area contributed by atoms with Crippen molar-refractivity contribution >= 4 is 34.7 Å². The first-order valence-corrected chi connectivity index (χ1v) is 15.7. The highest BCUT2D eigenvalue weighted by Crippen LogP contribution is 2.32. The number of nitrogens with one attached hydrogen (secondary N) is 2. The summed E-state index contributed by atoms with van der Waals surface area (Å²) in [5, 5.41) is 7.84. The van der Waals surface area contributed by atoms with Gasteiger partial charge in [-0.1, -0.05) is 60.7 Å². The summed E-state index contributed by atoms with van der Waals surface area (Å²) in [6, 6.07) is 27.1. The number of hydrogen-bond donors (Lipinski definition) is 2. The van der Waals surface area contributed by atoms with Gasteiger partial charge < -0.3 is 25.0 Å². The van der Waals surface area contributed by atoms with Crippen molar-refractivity contribution in [2.45, 2.75) is 50.5 Å². The summed E-state index contributed by atoms with van der Waals surface area (Å²) in [6.45, 7) is 0.700. The Hall–Kier alpha value is -4.47. The molecule has 4 aromatic rings. The van der Waals surface area contributed by atoms with Crippen LogP contribution in [-0.4, -0.2) is 54.5 Å². The van der Waals surface area contributed by atoms with Gasteiger partial charge in [-0.3, -0.25) is 14.4 Å². The molecule has 0 aliphatic carbocycles. The average Bonchev–Trinajstić information content (AvgIpc) is 3.55. The van der Waals surface area contributed by atoms with Crippen LogP contribution < -0.4 is 15.4 Å². The summed E-state index contributed by atoms with van der Waals surface area (Å²) in [7, 11) is 1.77. The molecule has 3 aromatic carbocycles. The fourth-order valence-corrected chi connectivity index (χ4v) is 6.51. The van der Waals surface area contributed by atoms with Crippen LogP contribution in [-0.2, 0) is 27.3 Å². The minimum absolute atomic E-state index is 0.0734. The van der Waals surface area contributed by atoms with Crippen LogP contribution in [0.2, 0.25) is 0 Å². The van der Waals surface area contributed by atoms with Gasteiger partial charge in [0.2, 0.25) is 11.8 Å². The Morgan fingerprint density at radius 3 is 2.50 bits per heavy atom. The number of hydrogen-bond acceptors (Lipinski definition) is 6. The topological polar surface area (TPSA) is 97.0 Å². The number of nitrogens with zero attached hydrogens (tertiary/aromatic N) is 1. The number of carbonyl (C=O) groups is 3. The molecule has 9 heteroatoms. The fraction of sp³-hybridized carbons (Fsp3) is 0.286. The quantitative estimate of drug-likeness (QED) is 0.268. The Kier molecular flexibility index (Phi) is 9.04. The number of fused-ring (bicyclic) bond motifs is 2. The van der Waals surface area contributed by atoms with E-state index in [1.807, 2.05) is 47.8 Å². The van der Waals surface area contributed by atoms with Crippen LogP contribution >= 0.6 is 11.3 Å². The van der Waals surface area contributed by atoms with Gasteiger partial charge in [-0.25, -0.2) is 0 Å². The maximum atomic E-state index is 13.5. The molecule has 3 heterocycles. The lowest BCUT2D eigenvalue weighted by atomic mass is 9.94. The first kappa shape index (κ1) is 29.6. The number of amides is 3. The highest BCUT2D eigenvalue weighted by atomic mass is 32.1. The number of ether oxygens (including phenoxy) is 2. The van der Waals surface area contributed by atoms with E-state index in [0.717, 1.165) is 21.6 Å². The number of rotatable bonds is 8. The van der Waals surface area contributed by atoms with Crippen LogP contribution in [0.4, 0.5) is 5.69 Å². The van der Waals surface area contributed by atoms with Crippen molar-refractivity contribution in [1.82, 2.24) is 10.2 Å². The van der Waals surface area contributed by atoms with Gasteiger partial charge in [0, 0.05) is 24.2 Å². The van der Waals surface area contributed by atoms with Gasteiger partial charge in [0.15, 0.2) is 0 Å². The molecule has 226 valence electrons. The van der Waals surface area contributed by atoms with Gasteiger partial charge in [0.1, 0.15) is 18.5 Å². The number of thiophene rings is 1. The van der Waals surface area contributed by atoms with Crippen LogP contribution in [0, 0.1) is 0 Å². The molecule has 44 heavy (non-hydrogen) atoms. The summed E-state index contributed by atoms with van der Waals surface area (Å²) in [6.07, 6.45) is 1.25. The van der Waals surface area contributed by atoms with Crippen LogP contribution in [0.1, 0.15) is 40.1 Å². The summed E-state index contributed by atoms with van der Waals surface area (Å²) >= 11 is 1.53. The molecular formula is C35H35N3O5S. The van der Waals surface area contributed by atoms with Gasteiger partial charge in [0.05, 0.1) is 30.6 Å². The third kappa shape index (κ3) is 7.01. The molecule has 1 aromatic heterocycles. The molecule has 2 N–H and O–H groups in total. The van der Waals surface area contributed by atoms with E-state index in [9.17, 15) is 14.4 Å². The third-order valence-electron chi connectivity index (χ3n) is 8.17. The molecule has 1 saturated heterocycles. The molecule has 1 fully saturated rings. The van der Waals surface area contributed by atoms with Crippen LogP contribution in [0.3, 0.4) is 0 Å². The third-order valence-corrected chi connectivity index (χ3v) is 9.05. The standard InChI is InChI=1S/C35H35N3O5S/c1-38-30-15-14-27(19-33(39)36-21-23-9-11-25(12-10-23)24-6-3-2-4-7-24)43-32(30)22-42-31-16-13-26(18-29(31)35(38)41)37-34(40)20-28-8-5-17-44-28/h2-13,16-18,27,30,32H,14-15,19-22H2,1H3,(H,36,39)(H,37,40)/t27-,30+,32-/m0/s1. The number of carbonyl (C=O) groups excluding carboxylic acids is 3. The predicted octanol–water partition coefficient (Wildman–Crippen LogP) is 5.68. The smallest absolute Gasteiger partial charge is 0.257 e. The van der Waals surface area contributed by atoms with Gasteiger partial charge in [0.25, 0.3) is 5.91 Å². The molecule has 0 bridgehead atoms. The lowest BCUT2D eigenvalue weighted by Crippen LogP contribution is -2.53. The fourth-order valence-electron chi connectivity index (χ4n) is 5.81. The average molecular weight is 610 g/mol. The van der Waals surface area contributed by atoms with E-state index >= 15 is 0 Å². The summed E-state index contributed by atoms with van der Waals surface area (Å²) in [4.78, 5) is 41.5. The highest BCUT2D eigenvalue weighted by molar-refractivity contribution is 7.10. The molecule has 2 aliphatic rings. The maximum Gasteiger partial charge on any atom is 0.257 e. The second-order valence-electron chi connectivity index (χ2n) is 11.2. The van der Waals surface area contributed by atoms with Crippen LogP contribution in [0.5, 0.6) is 5.75 Å². The minimum Gasteiger partial charge on any atom is -0.490 e. The van der Waals surface area contributed by atoms with Crippen molar-refractivity contribution in [2.24, 2.45) is 0 Å². The molecule has 3 atom stereocenters. The lowest BCUT2D eigenvalue weighted by Gasteiger charge is -2.42. The molecule has 8 nitrogen and oxygen atoms in total. The Bertz CT molecular complexity index is 1610. The van der Waals surface area contributed by atoms with Crippen molar-refractivity contribution in [3.63, 3.8) is 0 Å². The number of likely N-dealkylation sites (N-methyl/N-ethyl adjacent to an activating group) is 1. The second kappa shape index (κ2) is 13.4. The van der Waals surface area contributed by atoms with Crippen LogP contribution in [0.25, 0.3) is 11.1 Å². The number of benzene rings is 3. The summed E-state index contributed by atoms with van der Waals surface area (Å²) < 4.78 is 12.4. The van der Waals surface area contributed by atoms with E-state index in [0.29, 0.717) is 36.4 Å². The van der Waals surface area contributed by atoms with E-state index < -0.39 is 0 Å². The molecular weight excluding hydrogens is 574 g/mol.